The summed E-state index contributed by atoms with van der Waals surface area (Å²) < 4.78 is 13.9. The van der Waals surface area contributed by atoms with E-state index in [1.165, 1.54) is 31.5 Å². The molecule has 0 aliphatic heterocycles. The number of carbonyl (C=O) groups excluding carboxylic acids is 2. The minimum atomic E-state index is -0.580. The molecule has 0 heterocycles. The van der Waals surface area contributed by atoms with E-state index in [-0.39, 0.29) is 17.5 Å². The molecule has 1 aromatic rings. The van der Waals surface area contributed by atoms with Crippen molar-refractivity contribution < 1.29 is 14.0 Å². The van der Waals surface area contributed by atoms with Gasteiger partial charge in [0.25, 0.3) is 5.91 Å². The Morgan fingerprint density at radius 1 is 1.32 bits per heavy atom. The Labute approximate surface area is 134 Å². The third-order valence-electron chi connectivity index (χ3n) is 3.83. The van der Waals surface area contributed by atoms with Crippen LogP contribution in [0.3, 0.4) is 0 Å². The van der Waals surface area contributed by atoms with Crippen molar-refractivity contribution in [2.24, 2.45) is 0 Å². The number of rotatable bonds is 4. The summed E-state index contributed by atoms with van der Waals surface area (Å²) in [6.07, 6.45) is 6.16. The molecule has 22 heavy (non-hydrogen) atoms. The van der Waals surface area contributed by atoms with Crippen LogP contribution in [0.15, 0.2) is 18.2 Å². The highest BCUT2D eigenvalue weighted by Gasteiger charge is 2.24. The van der Waals surface area contributed by atoms with Gasteiger partial charge < -0.3 is 10.6 Å². The van der Waals surface area contributed by atoms with E-state index in [1.807, 2.05) is 11.8 Å². The third-order valence-corrected chi connectivity index (χ3v) is 4.92. The lowest BCUT2D eigenvalue weighted by Crippen LogP contribution is -2.39. The molecule has 0 aromatic heterocycles. The molecule has 2 N–H and O–H groups in total. The van der Waals surface area contributed by atoms with Gasteiger partial charge in [0.1, 0.15) is 5.82 Å². The number of benzene rings is 1. The summed E-state index contributed by atoms with van der Waals surface area (Å²) in [4.78, 5) is 23.4. The van der Waals surface area contributed by atoms with Gasteiger partial charge in [0.05, 0.1) is 5.56 Å². The summed E-state index contributed by atoms with van der Waals surface area (Å²) in [6.45, 7) is 1.37. The maximum Gasteiger partial charge on any atom is 0.254 e. The minimum Gasteiger partial charge on any atom is -0.349 e. The molecule has 0 unspecified atom stereocenters. The van der Waals surface area contributed by atoms with Crippen molar-refractivity contribution >= 4 is 29.3 Å². The topological polar surface area (TPSA) is 58.2 Å². The molecule has 1 aliphatic rings. The molecule has 4 nitrogen and oxygen atoms in total. The predicted octanol–water partition coefficient (Wildman–Crippen LogP) is 3.19. The lowest BCUT2D eigenvalue weighted by atomic mass is 9.94. The largest absolute Gasteiger partial charge is 0.349 e. The summed E-state index contributed by atoms with van der Waals surface area (Å²) >= 11 is 1.81. The number of thioether (sulfide) groups is 1. The zero-order valence-electron chi connectivity index (χ0n) is 12.8. The molecule has 6 heteroatoms. The normalized spacial score (nSPS) is 21.2. The highest BCUT2D eigenvalue weighted by atomic mass is 32.2. The van der Waals surface area contributed by atoms with Crippen LogP contribution >= 0.6 is 11.8 Å². The number of hydrogen-bond acceptors (Lipinski definition) is 3. The number of amides is 2. The Morgan fingerprint density at radius 3 is 2.77 bits per heavy atom. The number of halogens is 1. The molecule has 2 rings (SSSR count). The molecule has 0 saturated heterocycles. The summed E-state index contributed by atoms with van der Waals surface area (Å²) in [5.41, 5.74) is 0.391. The van der Waals surface area contributed by atoms with Crippen molar-refractivity contribution in [3.05, 3.63) is 29.6 Å². The van der Waals surface area contributed by atoms with Crippen LogP contribution in [0.5, 0.6) is 0 Å². The quantitative estimate of drug-likeness (QED) is 0.894. The first kappa shape index (κ1) is 16.8. The van der Waals surface area contributed by atoms with Crippen molar-refractivity contribution in [3.8, 4) is 0 Å². The Hall–Kier alpha value is -1.56. The van der Waals surface area contributed by atoms with Crippen molar-refractivity contribution in [2.75, 3.05) is 11.6 Å². The van der Waals surface area contributed by atoms with E-state index in [0.29, 0.717) is 10.9 Å². The van der Waals surface area contributed by atoms with Crippen molar-refractivity contribution in [2.45, 2.75) is 43.9 Å². The van der Waals surface area contributed by atoms with Crippen LogP contribution in [0.1, 0.15) is 43.0 Å². The van der Waals surface area contributed by atoms with Crippen LogP contribution in [-0.4, -0.2) is 29.4 Å². The van der Waals surface area contributed by atoms with Crippen molar-refractivity contribution in [1.82, 2.24) is 5.32 Å². The van der Waals surface area contributed by atoms with Gasteiger partial charge in [0.2, 0.25) is 5.91 Å². The Morgan fingerprint density at radius 2 is 2.09 bits per heavy atom. The number of anilines is 1. The lowest BCUT2D eigenvalue weighted by molar-refractivity contribution is -0.114. The molecule has 0 spiro atoms. The first-order chi connectivity index (χ1) is 10.5. The second-order valence-corrected chi connectivity index (χ2v) is 6.71. The molecular formula is C16H21FN2O2S. The Bertz CT molecular complexity index is 565. The summed E-state index contributed by atoms with van der Waals surface area (Å²) in [6, 6.07) is 4.10. The first-order valence-corrected chi connectivity index (χ1v) is 8.69. The van der Waals surface area contributed by atoms with Crippen LogP contribution in [0.2, 0.25) is 0 Å². The van der Waals surface area contributed by atoms with E-state index >= 15 is 0 Å². The van der Waals surface area contributed by atoms with Crippen LogP contribution in [-0.2, 0) is 4.79 Å². The molecule has 2 amide bonds. The smallest absolute Gasteiger partial charge is 0.254 e. The van der Waals surface area contributed by atoms with Crippen LogP contribution < -0.4 is 10.6 Å². The standard InChI is InChI=1S/C16H21FN2O2S/c1-10(20)18-12-6-7-15(17)14(9-12)16(21)19-11-4-3-5-13(8-11)22-2/h6-7,9,11,13H,3-5,8H2,1-2H3,(H,18,20)(H,19,21)/t11-,13-/m0/s1. The highest BCUT2D eigenvalue weighted by molar-refractivity contribution is 7.99. The molecule has 1 fully saturated rings. The Kier molecular flexibility index (Phi) is 5.83. The van der Waals surface area contributed by atoms with Gasteiger partial charge in [-0.2, -0.15) is 11.8 Å². The predicted molar refractivity (Wildman–Crippen MR) is 87.7 cm³/mol. The molecule has 1 aliphatic carbocycles. The maximum atomic E-state index is 13.9. The van der Waals surface area contributed by atoms with Crippen LogP contribution in [0, 0.1) is 5.82 Å². The average Bonchev–Trinajstić information content (AvgIpc) is 2.48. The lowest BCUT2D eigenvalue weighted by Gasteiger charge is -2.28. The van der Waals surface area contributed by atoms with Crippen molar-refractivity contribution in [3.63, 3.8) is 0 Å². The molecule has 0 radical (unpaired) electrons. The molecular weight excluding hydrogens is 303 g/mol. The molecule has 2 atom stereocenters. The second-order valence-electron chi connectivity index (χ2n) is 5.57. The van der Waals surface area contributed by atoms with Crippen LogP contribution in [0.25, 0.3) is 0 Å². The van der Waals surface area contributed by atoms with Gasteiger partial charge in [-0.1, -0.05) is 6.42 Å². The van der Waals surface area contributed by atoms with E-state index < -0.39 is 11.7 Å². The third kappa shape index (κ3) is 4.47. The van der Waals surface area contributed by atoms with E-state index in [1.54, 1.807) is 0 Å². The Balaban J connectivity index is 2.06. The van der Waals surface area contributed by atoms with Gasteiger partial charge in [0.15, 0.2) is 0 Å². The summed E-state index contributed by atoms with van der Waals surface area (Å²) in [5.74, 6) is -1.26. The molecule has 1 aromatic carbocycles. The first-order valence-electron chi connectivity index (χ1n) is 7.40. The number of hydrogen-bond donors (Lipinski definition) is 2. The summed E-state index contributed by atoms with van der Waals surface area (Å²) in [5, 5.41) is 6.02. The van der Waals surface area contributed by atoms with Gasteiger partial charge in [-0.3, -0.25) is 9.59 Å². The zero-order chi connectivity index (χ0) is 16.1. The SMILES string of the molecule is CS[C@H]1CCC[C@H](NC(=O)c2cc(NC(C)=O)ccc2F)C1. The van der Waals surface area contributed by atoms with Gasteiger partial charge in [-0.25, -0.2) is 4.39 Å². The van der Waals surface area contributed by atoms with Gasteiger partial charge in [0, 0.05) is 23.9 Å². The van der Waals surface area contributed by atoms with E-state index in [9.17, 15) is 14.0 Å². The number of nitrogens with one attached hydrogen (secondary N) is 2. The van der Waals surface area contributed by atoms with Crippen molar-refractivity contribution in [1.29, 1.82) is 0 Å². The minimum absolute atomic E-state index is 0.0301. The maximum absolute atomic E-state index is 13.9. The van der Waals surface area contributed by atoms with E-state index in [0.717, 1.165) is 19.3 Å². The average molecular weight is 324 g/mol. The van der Waals surface area contributed by atoms with Gasteiger partial charge in [-0.15, -0.1) is 0 Å². The highest BCUT2D eigenvalue weighted by Crippen LogP contribution is 2.27. The molecule has 1 saturated carbocycles. The fraction of sp³-hybridized carbons (Fsp3) is 0.500. The second kappa shape index (κ2) is 7.63. The fourth-order valence-electron chi connectivity index (χ4n) is 2.73. The van der Waals surface area contributed by atoms with Crippen LogP contribution in [0.4, 0.5) is 10.1 Å². The molecule has 0 bridgehead atoms. The van der Waals surface area contributed by atoms with E-state index in [2.05, 4.69) is 16.9 Å². The van der Waals surface area contributed by atoms with Gasteiger partial charge in [-0.05, 0) is 43.7 Å². The molecule has 120 valence electrons. The zero-order valence-corrected chi connectivity index (χ0v) is 13.6. The number of carbonyl (C=O) groups is 2. The fourth-order valence-corrected chi connectivity index (χ4v) is 3.56. The van der Waals surface area contributed by atoms with Gasteiger partial charge >= 0.3 is 0 Å². The van der Waals surface area contributed by atoms with E-state index in [4.69, 9.17) is 0 Å². The monoisotopic (exact) mass is 324 g/mol. The summed E-state index contributed by atoms with van der Waals surface area (Å²) in [7, 11) is 0.